The van der Waals surface area contributed by atoms with Gasteiger partial charge in [0.1, 0.15) is 0 Å². The summed E-state index contributed by atoms with van der Waals surface area (Å²) in [6, 6.07) is 0. The second-order valence-electron chi connectivity index (χ2n) is 3.74. The first-order chi connectivity index (χ1) is 6.24. The molecule has 0 radical (unpaired) electrons. The third-order valence-corrected chi connectivity index (χ3v) is 2.54. The minimum atomic E-state index is -0.287. The predicted octanol–water partition coefficient (Wildman–Crippen LogP) is 0.614. The standard InChI is InChI=1S/C9H18N2O2/c1-8(9(12)10-13)7-11-5-3-2-4-6-11/h8,13H,2-7H2,1H3,(H,10,12). The topological polar surface area (TPSA) is 52.6 Å². The van der Waals surface area contributed by atoms with Crippen LogP contribution < -0.4 is 5.48 Å². The molecular formula is C9H18N2O2. The van der Waals surface area contributed by atoms with Crippen LogP contribution in [0.25, 0.3) is 0 Å². The summed E-state index contributed by atoms with van der Waals surface area (Å²) in [5, 5.41) is 8.42. The maximum absolute atomic E-state index is 11.0. The first-order valence-electron chi connectivity index (χ1n) is 4.90. The largest absolute Gasteiger partial charge is 0.303 e. The molecule has 4 nitrogen and oxygen atoms in total. The van der Waals surface area contributed by atoms with Gasteiger partial charge in [-0.05, 0) is 25.9 Å². The van der Waals surface area contributed by atoms with E-state index in [1.54, 1.807) is 5.48 Å². The van der Waals surface area contributed by atoms with Gasteiger partial charge in [-0.1, -0.05) is 13.3 Å². The molecule has 0 aromatic rings. The molecule has 1 heterocycles. The number of hydrogen-bond acceptors (Lipinski definition) is 3. The molecule has 0 bridgehead atoms. The van der Waals surface area contributed by atoms with E-state index >= 15 is 0 Å². The molecule has 76 valence electrons. The van der Waals surface area contributed by atoms with Crippen molar-refractivity contribution in [3.63, 3.8) is 0 Å². The van der Waals surface area contributed by atoms with E-state index in [9.17, 15) is 4.79 Å². The molecule has 1 unspecified atom stereocenters. The highest BCUT2D eigenvalue weighted by molar-refractivity contribution is 5.77. The zero-order chi connectivity index (χ0) is 9.68. The van der Waals surface area contributed by atoms with Crippen molar-refractivity contribution in [2.45, 2.75) is 26.2 Å². The minimum absolute atomic E-state index is 0.122. The lowest BCUT2D eigenvalue weighted by Crippen LogP contribution is -2.38. The van der Waals surface area contributed by atoms with Crippen LogP contribution in [0.2, 0.25) is 0 Å². The SMILES string of the molecule is CC(CN1CCCCC1)C(=O)NO. The van der Waals surface area contributed by atoms with E-state index in [1.165, 1.54) is 19.3 Å². The highest BCUT2D eigenvalue weighted by Crippen LogP contribution is 2.10. The summed E-state index contributed by atoms with van der Waals surface area (Å²) in [6.45, 7) is 4.76. The monoisotopic (exact) mass is 186 g/mol. The fraction of sp³-hybridized carbons (Fsp3) is 0.889. The van der Waals surface area contributed by atoms with Crippen molar-refractivity contribution >= 4 is 5.91 Å². The van der Waals surface area contributed by atoms with Crippen LogP contribution in [0.5, 0.6) is 0 Å². The van der Waals surface area contributed by atoms with Crippen LogP contribution in [-0.4, -0.2) is 35.6 Å². The van der Waals surface area contributed by atoms with E-state index in [2.05, 4.69) is 4.90 Å². The fourth-order valence-electron chi connectivity index (χ4n) is 1.72. The minimum Gasteiger partial charge on any atom is -0.303 e. The van der Waals surface area contributed by atoms with Crippen LogP contribution in [0.3, 0.4) is 0 Å². The Bertz CT molecular complexity index is 167. The Morgan fingerprint density at radius 3 is 2.62 bits per heavy atom. The van der Waals surface area contributed by atoms with Gasteiger partial charge in [-0.3, -0.25) is 10.0 Å². The van der Waals surface area contributed by atoms with E-state index < -0.39 is 0 Å². The van der Waals surface area contributed by atoms with Gasteiger partial charge in [-0.2, -0.15) is 0 Å². The van der Waals surface area contributed by atoms with Gasteiger partial charge in [-0.25, -0.2) is 5.48 Å². The Morgan fingerprint density at radius 1 is 1.46 bits per heavy atom. The number of likely N-dealkylation sites (tertiary alicyclic amines) is 1. The van der Waals surface area contributed by atoms with E-state index in [0.717, 1.165) is 19.6 Å². The van der Waals surface area contributed by atoms with Gasteiger partial charge in [0.2, 0.25) is 5.91 Å². The number of carbonyl (C=O) groups excluding carboxylic acids is 1. The molecule has 0 spiro atoms. The molecule has 1 fully saturated rings. The summed E-state index contributed by atoms with van der Waals surface area (Å²) in [7, 11) is 0. The molecule has 1 saturated heterocycles. The lowest BCUT2D eigenvalue weighted by molar-refractivity contribution is -0.133. The molecule has 0 aromatic heterocycles. The number of piperidine rings is 1. The van der Waals surface area contributed by atoms with Gasteiger partial charge in [0.05, 0.1) is 0 Å². The third-order valence-electron chi connectivity index (χ3n) is 2.54. The fourth-order valence-corrected chi connectivity index (χ4v) is 1.72. The quantitative estimate of drug-likeness (QED) is 0.501. The molecule has 1 aliphatic heterocycles. The zero-order valence-corrected chi connectivity index (χ0v) is 8.12. The molecule has 0 aliphatic carbocycles. The molecule has 1 aliphatic rings. The molecule has 1 amide bonds. The van der Waals surface area contributed by atoms with Gasteiger partial charge >= 0.3 is 0 Å². The Hall–Kier alpha value is -0.610. The van der Waals surface area contributed by atoms with Gasteiger partial charge in [0.15, 0.2) is 0 Å². The summed E-state index contributed by atoms with van der Waals surface area (Å²) in [5.41, 5.74) is 1.69. The highest BCUT2D eigenvalue weighted by Gasteiger charge is 2.17. The van der Waals surface area contributed by atoms with Crippen LogP contribution in [0, 0.1) is 5.92 Å². The average Bonchev–Trinajstić information content (AvgIpc) is 2.18. The molecule has 1 atom stereocenters. The van der Waals surface area contributed by atoms with Gasteiger partial charge in [0, 0.05) is 12.5 Å². The summed E-state index contributed by atoms with van der Waals surface area (Å²) in [6.07, 6.45) is 3.76. The first kappa shape index (κ1) is 10.5. The molecule has 4 heteroatoms. The van der Waals surface area contributed by atoms with Crippen molar-refractivity contribution < 1.29 is 10.0 Å². The number of carbonyl (C=O) groups is 1. The smallest absolute Gasteiger partial charge is 0.247 e. The van der Waals surface area contributed by atoms with Crippen molar-refractivity contribution in [1.29, 1.82) is 0 Å². The number of rotatable bonds is 3. The van der Waals surface area contributed by atoms with E-state index in [4.69, 9.17) is 5.21 Å². The average molecular weight is 186 g/mol. The van der Waals surface area contributed by atoms with Crippen LogP contribution in [0.1, 0.15) is 26.2 Å². The van der Waals surface area contributed by atoms with Crippen LogP contribution in [-0.2, 0) is 4.79 Å². The lowest BCUT2D eigenvalue weighted by Gasteiger charge is -2.28. The van der Waals surface area contributed by atoms with Crippen molar-refractivity contribution in [1.82, 2.24) is 10.4 Å². The van der Waals surface area contributed by atoms with Crippen LogP contribution in [0.15, 0.2) is 0 Å². The molecule has 1 rings (SSSR count). The predicted molar refractivity (Wildman–Crippen MR) is 49.4 cm³/mol. The normalized spacial score (nSPS) is 21.1. The Morgan fingerprint density at radius 2 is 2.08 bits per heavy atom. The van der Waals surface area contributed by atoms with Gasteiger partial charge < -0.3 is 4.90 Å². The van der Waals surface area contributed by atoms with Crippen molar-refractivity contribution in [3.05, 3.63) is 0 Å². The Kier molecular flexibility index (Phi) is 4.18. The molecule has 0 saturated carbocycles. The Labute approximate surface area is 78.9 Å². The second-order valence-corrected chi connectivity index (χ2v) is 3.74. The molecule has 13 heavy (non-hydrogen) atoms. The van der Waals surface area contributed by atoms with Crippen molar-refractivity contribution in [3.8, 4) is 0 Å². The summed E-state index contributed by atoms with van der Waals surface area (Å²) in [5.74, 6) is -0.409. The second kappa shape index (κ2) is 5.19. The van der Waals surface area contributed by atoms with Crippen LogP contribution >= 0.6 is 0 Å². The van der Waals surface area contributed by atoms with Gasteiger partial charge in [0.25, 0.3) is 0 Å². The maximum atomic E-state index is 11.0. The number of hydrogen-bond donors (Lipinski definition) is 2. The van der Waals surface area contributed by atoms with E-state index in [1.807, 2.05) is 6.92 Å². The Balaban J connectivity index is 2.25. The van der Waals surface area contributed by atoms with Crippen molar-refractivity contribution in [2.24, 2.45) is 5.92 Å². The lowest BCUT2D eigenvalue weighted by atomic mass is 10.1. The number of hydroxylamine groups is 1. The zero-order valence-electron chi connectivity index (χ0n) is 8.12. The molecule has 2 N–H and O–H groups in total. The summed E-state index contributed by atoms with van der Waals surface area (Å²) in [4.78, 5) is 13.3. The van der Waals surface area contributed by atoms with Crippen molar-refractivity contribution in [2.75, 3.05) is 19.6 Å². The van der Waals surface area contributed by atoms with E-state index in [-0.39, 0.29) is 11.8 Å². The van der Waals surface area contributed by atoms with Crippen LogP contribution in [0.4, 0.5) is 0 Å². The molecular weight excluding hydrogens is 168 g/mol. The highest BCUT2D eigenvalue weighted by atomic mass is 16.5. The van der Waals surface area contributed by atoms with E-state index in [0.29, 0.717) is 0 Å². The molecule has 0 aromatic carbocycles. The number of nitrogens with zero attached hydrogens (tertiary/aromatic N) is 1. The first-order valence-corrected chi connectivity index (χ1v) is 4.90. The van der Waals surface area contributed by atoms with Gasteiger partial charge in [-0.15, -0.1) is 0 Å². The summed E-state index contributed by atoms with van der Waals surface area (Å²) >= 11 is 0. The summed E-state index contributed by atoms with van der Waals surface area (Å²) < 4.78 is 0. The number of amides is 1. The third kappa shape index (κ3) is 3.32. The maximum Gasteiger partial charge on any atom is 0.247 e. The number of nitrogens with one attached hydrogen (secondary N) is 1.